The molecule has 1 unspecified atom stereocenters. The zero-order chi connectivity index (χ0) is 17.8. The van der Waals surface area contributed by atoms with E-state index in [0.717, 1.165) is 6.07 Å². The largest absolute Gasteiger partial charge is 0.480 e. The minimum atomic E-state index is -4.87. The van der Waals surface area contributed by atoms with Crippen LogP contribution >= 0.6 is 0 Å². The molecule has 0 aliphatic carbocycles. The van der Waals surface area contributed by atoms with E-state index >= 15 is 0 Å². The second kappa shape index (κ2) is 7.47. The summed E-state index contributed by atoms with van der Waals surface area (Å²) in [4.78, 5) is 23.2. The number of hydrogen-bond acceptors (Lipinski definition) is 5. The average molecular weight is 350 g/mol. The van der Waals surface area contributed by atoms with Crippen LogP contribution in [0.5, 0.6) is 0 Å². The maximum atomic E-state index is 12.6. The number of para-hydroxylation sites is 1. The van der Waals surface area contributed by atoms with Gasteiger partial charge in [-0.2, -0.15) is 8.78 Å². The van der Waals surface area contributed by atoms with Gasteiger partial charge in [0.05, 0.1) is 17.1 Å². The van der Waals surface area contributed by atoms with Crippen LogP contribution in [0.4, 0.5) is 14.5 Å². The van der Waals surface area contributed by atoms with Crippen LogP contribution in [0.25, 0.3) is 0 Å². The van der Waals surface area contributed by atoms with E-state index in [9.17, 15) is 26.8 Å². The lowest BCUT2D eigenvalue weighted by Gasteiger charge is -2.20. The number of benzene rings is 1. The molecule has 0 fully saturated rings. The summed E-state index contributed by atoms with van der Waals surface area (Å²) in [5.41, 5.74) is -0.283. The number of anilines is 1. The minimum absolute atomic E-state index is 0.283. The third-order valence-corrected chi connectivity index (χ3v) is 4.55. The number of halogens is 2. The van der Waals surface area contributed by atoms with E-state index in [4.69, 9.17) is 5.11 Å². The lowest BCUT2D eigenvalue weighted by Crippen LogP contribution is -2.40. The number of amides is 1. The molecule has 7 nitrogen and oxygen atoms in total. The quantitative estimate of drug-likeness (QED) is 0.761. The fourth-order valence-electron chi connectivity index (χ4n) is 1.66. The number of hydrogen-bond donors (Lipinski definition) is 2. The molecule has 0 aromatic heterocycles. The zero-order valence-corrected chi connectivity index (χ0v) is 13.2. The number of carboxylic acid groups (broad SMARTS) is 1. The highest BCUT2D eigenvalue weighted by molar-refractivity contribution is 7.91. The van der Waals surface area contributed by atoms with Crippen molar-refractivity contribution in [3.05, 3.63) is 24.3 Å². The fraction of sp³-hybridized carbons (Fsp3) is 0.385. The molecule has 2 N–H and O–H groups in total. The Hall–Kier alpha value is -2.07. The van der Waals surface area contributed by atoms with E-state index in [1.807, 2.05) is 0 Å². The van der Waals surface area contributed by atoms with E-state index in [0.29, 0.717) is 0 Å². The van der Waals surface area contributed by atoms with Gasteiger partial charge in [0, 0.05) is 0 Å². The standard InChI is InChI=1S/C13H16F2N2O5S/c1-8(12(19)20)17(2)7-11(18)16-9-5-3-4-6-10(9)23(21,22)13(14)15/h3-6,8,13H,7H2,1-2H3,(H,16,18)(H,19,20). The van der Waals surface area contributed by atoms with Gasteiger partial charge in [-0.15, -0.1) is 0 Å². The molecule has 1 rings (SSSR count). The van der Waals surface area contributed by atoms with Gasteiger partial charge in [0.2, 0.25) is 15.7 Å². The Balaban J connectivity index is 2.95. The Bertz CT molecular complexity index is 693. The summed E-state index contributed by atoms with van der Waals surface area (Å²) in [6.45, 7) is 1.02. The van der Waals surface area contributed by atoms with Crippen molar-refractivity contribution in [2.45, 2.75) is 23.6 Å². The van der Waals surface area contributed by atoms with Crippen molar-refractivity contribution < 1.29 is 31.9 Å². The SMILES string of the molecule is CC(C(=O)O)N(C)CC(=O)Nc1ccccc1S(=O)(=O)C(F)F. The number of nitrogens with one attached hydrogen (secondary N) is 1. The number of nitrogens with zero attached hydrogens (tertiary/aromatic N) is 1. The molecule has 128 valence electrons. The van der Waals surface area contributed by atoms with Crippen LogP contribution in [0.2, 0.25) is 0 Å². The summed E-state index contributed by atoms with van der Waals surface area (Å²) in [6, 6.07) is 3.82. The number of aliphatic carboxylic acids is 1. The predicted molar refractivity (Wildman–Crippen MR) is 78.0 cm³/mol. The van der Waals surface area contributed by atoms with E-state index in [2.05, 4.69) is 5.32 Å². The van der Waals surface area contributed by atoms with Gasteiger partial charge in [0.15, 0.2) is 0 Å². The molecule has 0 aliphatic rings. The van der Waals surface area contributed by atoms with Gasteiger partial charge in [0.1, 0.15) is 6.04 Å². The monoisotopic (exact) mass is 350 g/mol. The summed E-state index contributed by atoms with van der Waals surface area (Å²) in [7, 11) is -3.48. The van der Waals surface area contributed by atoms with Crippen LogP contribution in [0.3, 0.4) is 0 Å². The molecule has 23 heavy (non-hydrogen) atoms. The topological polar surface area (TPSA) is 104 Å². The van der Waals surface area contributed by atoms with Crippen LogP contribution in [-0.2, 0) is 19.4 Å². The summed E-state index contributed by atoms with van der Waals surface area (Å²) in [5.74, 6) is -5.48. The number of alkyl halides is 2. The van der Waals surface area contributed by atoms with Gasteiger partial charge in [-0.25, -0.2) is 8.42 Å². The molecule has 10 heteroatoms. The second-order valence-electron chi connectivity index (χ2n) is 4.78. The van der Waals surface area contributed by atoms with Crippen LogP contribution in [0, 0.1) is 0 Å². The van der Waals surface area contributed by atoms with Gasteiger partial charge in [-0.1, -0.05) is 12.1 Å². The van der Waals surface area contributed by atoms with Gasteiger partial charge in [-0.3, -0.25) is 14.5 Å². The molecule has 1 aromatic rings. The van der Waals surface area contributed by atoms with Gasteiger partial charge < -0.3 is 10.4 Å². The maximum Gasteiger partial charge on any atom is 0.341 e. The normalized spacial score (nSPS) is 13.1. The third kappa shape index (κ3) is 4.70. The van der Waals surface area contributed by atoms with Crippen molar-refractivity contribution in [2.24, 2.45) is 0 Å². The maximum absolute atomic E-state index is 12.6. The molecule has 0 bridgehead atoms. The van der Waals surface area contributed by atoms with Crippen LogP contribution in [-0.4, -0.2) is 55.7 Å². The molecule has 1 amide bonds. The highest BCUT2D eigenvalue weighted by Crippen LogP contribution is 2.26. The van der Waals surface area contributed by atoms with Crippen molar-refractivity contribution in [3.8, 4) is 0 Å². The molecule has 1 aromatic carbocycles. The Morgan fingerprint density at radius 3 is 2.39 bits per heavy atom. The molecule has 0 spiro atoms. The minimum Gasteiger partial charge on any atom is -0.480 e. The molecular weight excluding hydrogens is 334 g/mol. The first kappa shape index (κ1) is 19.0. The van der Waals surface area contributed by atoms with Crippen molar-refractivity contribution in [1.29, 1.82) is 0 Å². The molecule has 0 radical (unpaired) electrons. The molecule has 0 aliphatic heterocycles. The average Bonchev–Trinajstić information content (AvgIpc) is 2.46. The molecule has 0 saturated heterocycles. The lowest BCUT2D eigenvalue weighted by molar-refractivity contribution is -0.142. The van der Waals surface area contributed by atoms with Crippen LogP contribution in [0.1, 0.15) is 6.92 Å². The number of carboxylic acids is 1. The van der Waals surface area contributed by atoms with E-state index in [-0.39, 0.29) is 12.2 Å². The summed E-state index contributed by atoms with van der Waals surface area (Å²) >= 11 is 0. The summed E-state index contributed by atoms with van der Waals surface area (Å²) < 4.78 is 48.4. The number of carbonyl (C=O) groups excluding carboxylic acids is 1. The third-order valence-electron chi connectivity index (χ3n) is 3.11. The molecule has 0 heterocycles. The smallest absolute Gasteiger partial charge is 0.341 e. The number of rotatable bonds is 7. The number of likely N-dealkylation sites (N-methyl/N-ethyl adjacent to an activating group) is 1. The Kier molecular flexibility index (Phi) is 6.16. The van der Waals surface area contributed by atoms with Gasteiger partial charge >= 0.3 is 11.7 Å². The van der Waals surface area contributed by atoms with Gasteiger partial charge in [-0.05, 0) is 26.1 Å². The lowest BCUT2D eigenvalue weighted by atomic mass is 10.3. The highest BCUT2D eigenvalue weighted by Gasteiger charge is 2.29. The molecular formula is C13H16F2N2O5S. The van der Waals surface area contributed by atoms with Gasteiger partial charge in [0.25, 0.3) is 0 Å². The van der Waals surface area contributed by atoms with Crippen molar-refractivity contribution in [2.75, 3.05) is 18.9 Å². The number of carbonyl (C=O) groups is 2. The molecule has 0 saturated carbocycles. The number of sulfone groups is 1. The van der Waals surface area contributed by atoms with E-state index < -0.39 is 38.4 Å². The Labute approximate surface area is 131 Å². The summed E-state index contributed by atoms with van der Waals surface area (Å²) in [5, 5.41) is 11.0. The molecule has 1 atom stereocenters. The highest BCUT2D eigenvalue weighted by atomic mass is 32.2. The zero-order valence-electron chi connectivity index (χ0n) is 12.4. The van der Waals surface area contributed by atoms with Crippen molar-refractivity contribution in [3.63, 3.8) is 0 Å². The Morgan fingerprint density at radius 1 is 1.30 bits per heavy atom. The fourth-order valence-corrected chi connectivity index (χ4v) is 2.54. The first-order chi connectivity index (χ1) is 10.6. The predicted octanol–water partition coefficient (Wildman–Crippen LogP) is 1.03. The Morgan fingerprint density at radius 2 is 1.87 bits per heavy atom. The first-order valence-corrected chi connectivity index (χ1v) is 7.96. The second-order valence-corrected chi connectivity index (χ2v) is 6.67. The van der Waals surface area contributed by atoms with Crippen molar-refractivity contribution >= 4 is 27.4 Å². The first-order valence-electron chi connectivity index (χ1n) is 6.41. The van der Waals surface area contributed by atoms with E-state index in [1.54, 1.807) is 0 Å². The van der Waals surface area contributed by atoms with E-state index in [1.165, 1.54) is 37.1 Å². The summed E-state index contributed by atoms with van der Waals surface area (Å²) in [6.07, 6.45) is 0. The van der Waals surface area contributed by atoms with Crippen LogP contribution < -0.4 is 5.32 Å². The van der Waals surface area contributed by atoms with Crippen LogP contribution in [0.15, 0.2) is 29.2 Å². The van der Waals surface area contributed by atoms with Crippen molar-refractivity contribution in [1.82, 2.24) is 4.90 Å².